The highest BCUT2D eigenvalue weighted by Gasteiger charge is 2.17. The van der Waals surface area contributed by atoms with Crippen LogP contribution in [0.5, 0.6) is 0 Å². The van der Waals surface area contributed by atoms with Crippen LogP contribution in [0, 0.1) is 13.8 Å². The molecule has 5 nitrogen and oxygen atoms in total. The number of aryl methyl sites for hydroxylation is 2. The largest absolute Gasteiger partial charge is 0.334 e. The van der Waals surface area contributed by atoms with Gasteiger partial charge in [0.25, 0.3) is 0 Å². The van der Waals surface area contributed by atoms with E-state index in [2.05, 4.69) is 38.2 Å². The van der Waals surface area contributed by atoms with Crippen LogP contribution in [0.3, 0.4) is 0 Å². The molecule has 0 bridgehead atoms. The topological polar surface area (TPSA) is 59.0 Å². The summed E-state index contributed by atoms with van der Waals surface area (Å²) in [6.07, 6.45) is 0. The lowest BCUT2D eigenvalue weighted by Gasteiger charge is -2.15. The summed E-state index contributed by atoms with van der Waals surface area (Å²) in [6.45, 7) is 9.94. The smallest absolute Gasteiger partial charge is 0.315 e. The van der Waals surface area contributed by atoms with Gasteiger partial charge in [-0.3, -0.25) is 4.68 Å². The first-order valence-corrected chi connectivity index (χ1v) is 6.50. The number of aromatic nitrogens is 2. The fraction of sp³-hybridized carbons (Fsp3) is 0.500. The lowest BCUT2D eigenvalue weighted by Crippen LogP contribution is -2.37. The molecule has 0 radical (unpaired) electrons. The van der Waals surface area contributed by atoms with Crippen LogP contribution >= 0.6 is 15.9 Å². The van der Waals surface area contributed by atoms with Crippen LogP contribution in [0.15, 0.2) is 11.1 Å². The van der Waals surface area contributed by atoms with Gasteiger partial charge >= 0.3 is 6.03 Å². The molecule has 6 heteroatoms. The van der Waals surface area contributed by atoms with E-state index in [1.807, 2.05) is 32.5 Å². The second kappa shape index (κ2) is 6.04. The maximum absolute atomic E-state index is 11.6. The predicted octanol–water partition coefficient (Wildman–Crippen LogP) is 2.31. The minimum atomic E-state index is -0.217. The van der Waals surface area contributed by atoms with Crippen LogP contribution in [-0.4, -0.2) is 22.4 Å². The molecule has 1 atom stereocenters. The molecule has 0 aromatic carbocycles. The van der Waals surface area contributed by atoms with Crippen molar-refractivity contribution < 1.29 is 4.79 Å². The number of amides is 2. The van der Waals surface area contributed by atoms with Crippen molar-refractivity contribution in [3.05, 3.63) is 28.0 Å². The summed E-state index contributed by atoms with van der Waals surface area (Å²) >= 11 is 3.19. The molecule has 1 rings (SSSR count). The maximum Gasteiger partial charge on any atom is 0.315 e. The van der Waals surface area contributed by atoms with Crippen LogP contribution in [0.4, 0.5) is 4.79 Å². The van der Waals surface area contributed by atoms with Crippen molar-refractivity contribution in [1.82, 2.24) is 20.4 Å². The SMILES string of the molecule is C=C(Br)CNC(=O)N[C@@H](C)c1c(C)nn(C)c1C. The zero-order valence-electron chi connectivity index (χ0n) is 11.2. The Morgan fingerprint density at radius 2 is 2.17 bits per heavy atom. The molecule has 2 amide bonds. The molecule has 0 fully saturated rings. The molecule has 0 saturated carbocycles. The van der Waals surface area contributed by atoms with Gasteiger partial charge in [0.1, 0.15) is 0 Å². The first kappa shape index (κ1) is 14.8. The second-order valence-corrected chi connectivity index (χ2v) is 5.40. The van der Waals surface area contributed by atoms with Crippen molar-refractivity contribution in [2.24, 2.45) is 7.05 Å². The van der Waals surface area contributed by atoms with Gasteiger partial charge in [0, 0.05) is 22.8 Å². The van der Waals surface area contributed by atoms with Crippen molar-refractivity contribution in [1.29, 1.82) is 0 Å². The fourth-order valence-electron chi connectivity index (χ4n) is 1.91. The number of hydrogen-bond donors (Lipinski definition) is 2. The zero-order chi connectivity index (χ0) is 13.9. The molecule has 1 aromatic heterocycles. The fourth-order valence-corrected chi connectivity index (χ4v) is 2.05. The lowest BCUT2D eigenvalue weighted by molar-refractivity contribution is 0.239. The Bertz CT molecular complexity index is 467. The van der Waals surface area contributed by atoms with Gasteiger partial charge < -0.3 is 10.6 Å². The number of halogens is 1. The average Bonchev–Trinajstić information content (AvgIpc) is 2.50. The standard InChI is InChI=1S/C12H19BrN4O/c1-7(13)6-14-12(18)15-8(2)11-9(3)16-17(5)10(11)4/h8H,1,6H2,2-5H3,(H2,14,15,18)/t8-/m0/s1. The van der Waals surface area contributed by atoms with E-state index in [-0.39, 0.29) is 12.1 Å². The van der Waals surface area contributed by atoms with Gasteiger partial charge in [-0.05, 0) is 20.8 Å². The number of carbonyl (C=O) groups is 1. The Morgan fingerprint density at radius 3 is 2.61 bits per heavy atom. The van der Waals surface area contributed by atoms with Crippen LogP contribution in [0.1, 0.15) is 29.9 Å². The van der Waals surface area contributed by atoms with Crippen molar-refractivity contribution in [3.63, 3.8) is 0 Å². The van der Waals surface area contributed by atoms with Crippen LogP contribution in [0.25, 0.3) is 0 Å². The number of hydrogen-bond acceptors (Lipinski definition) is 2. The van der Waals surface area contributed by atoms with Gasteiger partial charge in [0.05, 0.1) is 18.3 Å². The van der Waals surface area contributed by atoms with E-state index in [1.54, 1.807) is 0 Å². The van der Waals surface area contributed by atoms with E-state index < -0.39 is 0 Å². The highest BCUT2D eigenvalue weighted by molar-refractivity contribution is 9.11. The molecule has 18 heavy (non-hydrogen) atoms. The predicted molar refractivity (Wildman–Crippen MR) is 75.7 cm³/mol. The third-order valence-corrected chi connectivity index (χ3v) is 3.07. The number of nitrogens with zero attached hydrogens (tertiary/aromatic N) is 2. The molecule has 0 aliphatic heterocycles. The van der Waals surface area contributed by atoms with Gasteiger partial charge in [-0.2, -0.15) is 5.10 Å². The van der Waals surface area contributed by atoms with E-state index in [9.17, 15) is 4.79 Å². The zero-order valence-corrected chi connectivity index (χ0v) is 12.8. The molecular formula is C12H19BrN4O. The summed E-state index contributed by atoms with van der Waals surface area (Å²) in [5.74, 6) is 0. The molecule has 1 aromatic rings. The third-order valence-electron chi connectivity index (χ3n) is 2.79. The van der Waals surface area contributed by atoms with Crippen molar-refractivity contribution >= 4 is 22.0 Å². The van der Waals surface area contributed by atoms with E-state index in [1.165, 1.54) is 0 Å². The van der Waals surface area contributed by atoms with Crippen molar-refractivity contribution in [2.45, 2.75) is 26.8 Å². The van der Waals surface area contributed by atoms with Crippen LogP contribution in [-0.2, 0) is 7.05 Å². The molecular weight excluding hydrogens is 296 g/mol. The Balaban J connectivity index is 2.67. The Morgan fingerprint density at radius 1 is 1.56 bits per heavy atom. The van der Waals surface area contributed by atoms with E-state index in [4.69, 9.17) is 0 Å². The Hall–Kier alpha value is -1.30. The lowest BCUT2D eigenvalue weighted by atomic mass is 10.1. The van der Waals surface area contributed by atoms with E-state index in [0.717, 1.165) is 21.4 Å². The molecule has 1 heterocycles. The third kappa shape index (κ3) is 3.60. The number of rotatable bonds is 4. The highest BCUT2D eigenvalue weighted by atomic mass is 79.9. The molecule has 0 spiro atoms. The quantitative estimate of drug-likeness (QED) is 0.896. The molecule has 100 valence electrons. The Kier molecular flexibility index (Phi) is 4.95. The number of nitrogens with one attached hydrogen (secondary N) is 2. The van der Waals surface area contributed by atoms with Crippen LogP contribution < -0.4 is 10.6 Å². The van der Waals surface area contributed by atoms with Crippen molar-refractivity contribution in [3.8, 4) is 0 Å². The molecule has 2 N–H and O–H groups in total. The van der Waals surface area contributed by atoms with Gasteiger partial charge in [-0.25, -0.2) is 4.79 Å². The van der Waals surface area contributed by atoms with E-state index in [0.29, 0.717) is 6.54 Å². The summed E-state index contributed by atoms with van der Waals surface area (Å²) in [5, 5.41) is 9.92. The summed E-state index contributed by atoms with van der Waals surface area (Å²) in [6, 6.07) is -0.298. The Labute approximate surface area is 116 Å². The summed E-state index contributed by atoms with van der Waals surface area (Å²) < 4.78 is 2.56. The highest BCUT2D eigenvalue weighted by Crippen LogP contribution is 2.20. The number of urea groups is 1. The van der Waals surface area contributed by atoms with Gasteiger partial charge in [0.15, 0.2) is 0 Å². The first-order chi connectivity index (χ1) is 8.32. The first-order valence-electron chi connectivity index (χ1n) is 5.70. The summed E-state index contributed by atoms with van der Waals surface area (Å²) in [7, 11) is 1.90. The van der Waals surface area contributed by atoms with E-state index >= 15 is 0 Å². The monoisotopic (exact) mass is 314 g/mol. The molecule has 0 unspecified atom stereocenters. The second-order valence-electron chi connectivity index (χ2n) is 4.27. The molecule has 0 aliphatic carbocycles. The van der Waals surface area contributed by atoms with Gasteiger partial charge in [0.2, 0.25) is 0 Å². The normalized spacial score (nSPS) is 12.1. The average molecular weight is 315 g/mol. The summed E-state index contributed by atoms with van der Waals surface area (Å²) in [5.41, 5.74) is 3.06. The molecule has 0 saturated heterocycles. The van der Waals surface area contributed by atoms with Gasteiger partial charge in [-0.15, -0.1) is 0 Å². The minimum absolute atomic E-state index is 0.0812. The van der Waals surface area contributed by atoms with Crippen molar-refractivity contribution in [2.75, 3.05) is 6.54 Å². The molecule has 0 aliphatic rings. The maximum atomic E-state index is 11.6. The summed E-state index contributed by atoms with van der Waals surface area (Å²) in [4.78, 5) is 11.6. The minimum Gasteiger partial charge on any atom is -0.334 e. The van der Waals surface area contributed by atoms with Gasteiger partial charge in [-0.1, -0.05) is 22.5 Å². The number of carbonyl (C=O) groups excluding carboxylic acids is 1. The van der Waals surface area contributed by atoms with Crippen LogP contribution in [0.2, 0.25) is 0 Å².